The van der Waals surface area contributed by atoms with Crippen molar-refractivity contribution in [1.82, 2.24) is 0 Å². The smallest absolute Gasteiger partial charge is 0.150 e. The van der Waals surface area contributed by atoms with Crippen molar-refractivity contribution >= 4 is 6.29 Å². The molecule has 0 heterocycles. The predicted molar refractivity (Wildman–Crippen MR) is 72.1 cm³/mol. The second-order valence-electron chi connectivity index (χ2n) is 2.41. The molecule has 3 heteroatoms. The average Bonchev–Trinajstić information content (AvgIpc) is 2.40. The third-order valence-corrected chi connectivity index (χ3v) is 1.77. The van der Waals surface area contributed by atoms with Crippen LogP contribution in [0.2, 0.25) is 0 Å². The van der Waals surface area contributed by atoms with Crippen LogP contribution >= 0.6 is 0 Å². The Bertz CT molecular complexity index is 275. The van der Waals surface area contributed by atoms with Crippen molar-refractivity contribution < 1.29 is 37.5 Å². The van der Waals surface area contributed by atoms with Gasteiger partial charge < -0.3 is 12.3 Å². The molecule has 0 amide bonds. The number of benzene rings is 1. The minimum Gasteiger partial charge on any atom is -0.521 e. The molecule has 0 aromatic heterocycles. The van der Waals surface area contributed by atoms with E-state index in [1.807, 2.05) is 45.9 Å². The zero-order chi connectivity index (χ0) is 13.6. The Kier molecular flexibility index (Phi) is 31.6. The number of aldehydes is 1. The van der Waals surface area contributed by atoms with Gasteiger partial charge in [0.25, 0.3) is 0 Å². The standard InChI is InChI=1S/C9H10O.C2H6.C2H3.CH4N.Y/c1-7-4-3-5-9(6-10)8(7)2;3*1-2;/h3-6H,1-2H3;1-2H3;1H,2H2;1-2H2;/q;;2*-1;. The van der Waals surface area contributed by atoms with Crippen molar-refractivity contribution in [3.63, 3.8) is 0 Å². The second-order valence-corrected chi connectivity index (χ2v) is 2.41. The maximum atomic E-state index is 10.4. The Morgan fingerprint density at radius 3 is 1.94 bits per heavy atom. The van der Waals surface area contributed by atoms with Gasteiger partial charge in [-0.3, -0.25) is 18.4 Å². The number of carbonyl (C=O) groups excluding carboxylic acids is 1. The van der Waals surface area contributed by atoms with E-state index < -0.39 is 0 Å². The summed E-state index contributed by atoms with van der Waals surface area (Å²) in [5.41, 5.74) is 7.29. The van der Waals surface area contributed by atoms with Crippen LogP contribution in [0, 0.1) is 27.5 Å². The molecule has 0 aliphatic rings. The number of aryl methyl sites for hydroxylation is 1. The number of nitrogens with two attached hydrogens (primary N) is 1. The Hall–Kier alpha value is -0.306. The molecule has 1 aromatic carbocycles. The molecule has 1 radical (unpaired) electrons. The molecule has 1 rings (SSSR count). The molecule has 0 aliphatic carbocycles. The fourth-order valence-electron chi connectivity index (χ4n) is 0.901. The van der Waals surface area contributed by atoms with Crippen LogP contribution in [0.3, 0.4) is 0 Å². The largest absolute Gasteiger partial charge is 0.521 e. The van der Waals surface area contributed by atoms with Gasteiger partial charge in [-0.05, 0) is 25.0 Å². The van der Waals surface area contributed by atoms with Crippen LogP contribution in [0.15, 0.2) is 24.8 Å². The van der Waals surface area contributed by atoms with Gasteiger partial charge in [-0.15, -0.1) is 0 Å². The molecule has 0 spiro atoms. The number of hydrogen-bond donors (Lipinski definition) is 1. The van der Waals surface area contributed by atoms with Crippen molar-refractivity contribution in [3.05, 3.63) is 55.1 Å². The van der Waals surface area contributed by atoms with E-state index in [1.165, 1.54) is 5.56 Å². The first-order valence-electron chi connectivity index (χ1n) is 5.08. The number of carbonyl (C=O) groups is 1. The van der Waals surface area contributed by atoms with Crippen LogP contribution in [0.1, 0.15) is 35.3 Å². The van der Waals surface area contributed by atoms with Gasteiger partial charge in [-0.1, -0.05) is 32.0 Å². The maximum absolute atomic E-state index is 10.4. The topological polar surface area (TPSA) is 43.1 Å². The van der Waals surface area contributed by atoms with E-state index in [-0.39, 0.29) is 32.7 Å². The molecule has 0 fully saturated rings. The van der Waals surface area contributed by atoms with Crippen LogP contribution < -0.4 is 5.73 Å². The zero-order valence-corrected chi connectivity index (χ0v) is 14.2. The van der Waals surface area contributed by atoms with Crippen LogP contribution in [0.25, 0.3) is 0 Å². The van der Waals surface area contributed by atoms with Gasteiger partial charge in [0.15, 0.2) is 0 Å². The molecule has 0 saturated heterocycles. The third-order valence-electron chi connectivity index (χ3n) is 1.77. The Labute approximate surface area is 132 Å². The molecule has 2 N–H and O–H groups in total. The average molecular weight is 310 g/mol. The van der Waals surface area contributed by atoms with E-state index in [0.717, 1.165) is 17.4 Å². The van der Waals surface area contributed by atoms with Gasteiger partial charge in [0, 0.05) is 38.3 Å². The van der Waals surface area contributed by atoms with Gasteiger partial charge in [-0.2, -0.15) is 0 Å². The molecule has 1 aromatic rings. The van der Waals surface area contributed by atoms with Crippen molar-refractivity contribution in [3.8, 4) is 0 Å². The number of hydrogen-bond acceptors (Lipinski definition) is 2. The normalized spacial score (nSPS) is 6.47. The van der Waals surface area contributed by atoms with Crippen molar-refractivity contribution in [1.29, 1.82) is 0 Å². The fourth-order valence-corrected chi connectivity index (χ4v) is 0.901. The van der Waals surface area contributed by atoms with E-state index in [4.69, 9.17) is 0 Å². The summed E-state index contributed by atoms with van der Waals surface area (Å²) >= 11 is 0. The monoisotopic (exact) mass is 310 g/mol. The Balaban J connectivity index is -0.000000106. The van der Waals surface area contributed by atoms with E-state index in [0.29, 0.717) is 0 Å². The van der Waals surface area contributed by atoms with Crippen LogP contribution in [0.5, 0.6) is 0 Å². The summed E-state index contributed by atoms with van der Waals surface area (Å²) in [6.45, 7) is 15.0. The molecule has 0 bridgehead atoms. The van der Waals surface area contributed by atoms with Gasteiger partial charge >= 0.3 is 0 Å². The van der Waals surface area contributed by atoms with Crippen molar-refractivity contribution in [2.75, 3.05) is 0 Å². The quantitative estimate of drug-likeness (QED) is 0.637. The summed E-state index contributed by atoms with van der Waals surface area (Å²) in [5.74, 6) is 0. The predicted octanol–water partition coefficient (Wildman–Crippen LogP) is 3.48. The van der Waals surface area contributed by atoms with Gasteiger partial charge in [-0.25, -0.2) is 0 Å². The summed E-state index contributed by atoms with van der Waals surface area (Å²) < 4.78 is 0. The van der Waals surface area contributed by atoms with Gasteiger partial charge in [0.05, 0.1) is 0 Å². The molecule has 0 unspecified atom stereocenters. The van der Waals surface area contributed by atoms with Crippen molar-refractivity contribution in [2.24, 2.45) is 5.73 Å². The molecule has 0 atom stereocenters. The van der Waals surface area contributed by atoms with Gasteiger partial charge in [0.1, 0.15) is 6.29 Å². The Morgan fingerprint density at radius 2 is 1.65 bits per heavy atom. The number of rotatable bonds is 1. The minimum atomic E-state index is 0. The van der Waals surface area contributed by atoms with E-state index in [9.17, 15) is 4.79 Å². The molecule has 17 heavy (non-hydrogen) atoms. The Morgan fingerprint density at radius 1 is 1.24 bits per heavy atom. The maximum Gasteiger partial charge on any atom is 0.150 e. The summed E-state index contributed by atoms with van der Waals surface area (Å²) in [5, 5.41) is 0. The second kappa shape index (κ2) is 21.0. The first kappa shape index (κ1) is 25.5. The summed E-state index contributed by atoms with van der Waals surface area (Å²) in [7, 11) is 2.75. The molecule has 0 saturated carbocycles. The first-order chi connectivity index (χ1) is 7.75. The van der Waals surface area contributed by atoms with Crippen LogP contribution in [-0.4, -0.2) is 6.29 Å². The summed E-state index contributed by atoms with van der Waals surface area (Å²) in [4.78, 5) is 10.4. The molecule has 2 nitrogen and oxygen atoms in total. The molecular weight excluding hydrogens is 287 g/mol. The van der Waals surface area contributed by atoms with Crippen LogP contribution in [0.4, 0.5) is 0 Å². The molecule has 0 aliphatic heterocycles. The van der Waals surface area contributed by atoms with E-state index in [1.54, 1.807) is 0 Å². The SMILES string of the molecule is CC.Cc1cccc(C=O)c1C.[CH-]=C.[CH2-]N.[Y]. The first-order valence-corrected chi connectivity index (χ1v) is 5.08. The fraction of sp³-hybridized carbons (Fsp3) is 0.286. The van der Waals surface area contributed by atoms with Gasteiger partial charge in [0.2, 0.25) is 0 Å². The van der Waals surface area contributed by atoms with Crippen LogP contribution in [-0.2, 0) is 32.7 Å². The summed E-state index contributed by atoms with van der Waals surface area (Å²) in [6, 6.07) is 5.73. The zero-order valence-electron chi connectivity index (χ0n) is 11.4. The van der Waals surface area contributed by atoms with Crippen molar-refractivity contribution in [2.45, 2.75) is 27.7 Å². The molecular formula is C14H23NOY-2. The summed E-state index contributed by atoms with van der Waals surface area (Å²) in [6.07, 6.45) is 0.891. The molecule has 95 valence electrons. The van der Waals surface area contributed by atoms with E-state index in [2.05, 4.69) is 25.9 Å². The minimum absolute atomic E-state index is 0. The van der Waals surface area contributed by atoms with E-state index >= 15 is 0 Å². The third kappa shape index (κ3) is 11.9.